The fourth-order valence-corrected chi connectivity index (χ4v) is 1.65. The molecule has 0 unspecified atom stereocenters. The minimum absolute atomic E-state index is 0.731. The average Bonchev–Trinajstić information content (AvgIpc) is 1.81. The van der Waals surface area contributed by atoms with Crippen LogP contribution in [0, 0.1) is 0 Å². The van der Waals surface area contributed by atoms with Gasteiger partial charge in [-0.25, -0.2) is 0 Å². The SMILES string of the molecule is C=C[Se]CCCCC. The summed E-state index contributed by atoms with van der Waals surface area (Å²) in [6.45, 7) is 5.92. The molecule has 0 aromatic carbocycles. The van der Waals surface area contributed by atoms with Gasteiger partial charge in [0.2, 0.25) is 0 Å². The molecule has 0 aromatic heterocycles. The van der Waals surface area contributed by atoms with Gasteiger partial charge in [-0.3, -0.25) is 0 Å². The molecule has 0 fully saturated rings. The molecule has 48 valence electrons. The van der Waals surface area contributed by atoms with Crippen molar-refractivity contribution in [3.8, 4) is 0 Å². The third-order valence-electron chi connectivity index (χ3n) is 0.984. The minimum atomic E-state index is 0.731. The maximum absolute atomic E-state index is 3.69. The first-order valence-corrected chi connectivity index (χ1v) is 5.34. The second-order valence-electron chi connectivity index (χ2n) is 1.74. The normalized spacial score (nSPS) is 9.12. The standard InChI is InChI=1S/C7H14Se/c1-3-5-6-7-8-4-2/h4H,2-3,5-7H2,1H3. The first kappa shape index (κ1) is 8.26. The molecule has 0 amide bonds. The van der Waals surface area contributed by atoms with Gasteiger partial charge < -0.3 is 0 Å². The van der Waals surface area contributed by atoms with E-state index in [0.717, 1.165) is 15.0 Å². The van der Waals surface area contributed by atoms with Gasteiger partial charge in [0.05, 0.1) is 0 Å². The molecule has 1 heteroatoms. The van der Waals surface area contributed by atoms with Crippen LogP contribution >= 0.6 is 0 Å². The van der Waals surface area contributed by atoms with Crippen molar-refractivity contribution in [1.82, 2.24) is 0 Å². The summed E-state index contributed by atoms with van der Waals surface area (Å²) in [5.74, 6) is 0. The summed E-state index contributed by atoms with van der Waals surface area (Å²) >= 11 is 0.731. The number of unbranched alkanes of at least 4 members (excludes halogenated alkanes) is 2. The molecule has 0 atom stereocenters. The molecule has 0 saturated carbocycles. The van der Waals surface area contributed by atoms with Crippen molar-refractivity contribution in [1.29, 1.82) is 0 Å². The fraction of sp³-hybridized carbons (Fsp3) is 0.714. The summed E-state index contributed by atoms with van der Waals surface area (Å²) < 4.78 is 0. The van der Waals surface area contributed by atoms with E-state index in [1.54, 1.807) is 0 Å². The fourth-order valence-electron chi connectivity index (χ4n) is 0.519. The van der Waals surface area contributed by atoms with Crippen molar-refractivity contribution in [2.24, 2.45) is 0 Å². The Hall–Kier alpha value is 0.259. The van der Waals surface area contributed by atoms with Gasteiger partial charge in [-0.15, -0.1) is 0 Å². The zero-order valence-electron chi connectivity index (χ0n) is 5.52. The zero-order chi connectivity index (χ0) is 6.24. The number of hydrogen-bond donors (Lipinski definition) is 0. The Balaban J connectivity index is 2.62. The van der Waals surface area contributed by atoms with Crippen LogP contribution in [-0.2, 0) is 0 Å². The molecule has 0 bridgehead atoms. The summed E-state index contributed by atoms with van der Waals surface area (Å²) in [6, 6.07) is 0. The summed E-state index contributed by atoms with van der Waals surface area (Å²) in [7, 11) is 0. The van der Waals surface area contributed by atoms with Gasteiger partial charge in [-0.05, 0) is 0 Å². The molecule has 0 radical (unpaired) electrons. The van der Waals surface area contributed by atoms with Crippen molar-refractivity contribution in [3.63, 3.8) is 0 Å². The van der Waals surface area contributed by atoms with Gasteiger partial charge >= 0.3 is 58.0 Å². The topological polar surface area (TPSA) is 0 Å². The van der Waals surface area contributed by atoms with Gasteiger partial charge in [-0.2, -0.15) is 0 Å². The Bertz CT molecular complexity index is 50.3. The van der Waals surface area contributed by atoms with E-state index >= 15 is 0 Å². The molecule has 0 aromatic rings. The molecule has 0 nitrogen and oxygen atoms in total. The monoisotopic (exact) mass is 178 g/mol. The molecular weight excluding hydrogens is 163 g/mol. The van der Waals surface area contributed by atoms with E-state index in [2.05, 4.69) is 18.5 Å². The molecule has 8 heavy (non-hydrogen) atoms. The van der Waals surface area contributed by atoms with Gasteiger partial charge in [-0.1, -0.05) is 0 Å². The molecule has 0 saturated heterocycles. The van der Waals surface area contributed by atoms with Crippen LogP contribution in [0.2, 0.25) is 5.32 Å². The van der Waals surface area contributed by atoms with Crippen LogP contribution in [-0.4, -0.2) is 15.0 Å². The molecule has 0 rings (SSSR count). The van der Waals surface area contributed by atoms with Gasteiger partial charge in [0.25, 0.3) is 0 Å². The van der Waals surface area contributed by atoms with Crippen LogP contribution < -0.4 is 0 Å². The predicted octanol–water partition coefficient (Wildman–Crippen LogP) is 2.44. The van der Waals surface area contributed by atoms with Gasteiger partial charge in [0.1, 0.15) is 0 Å². The molecular formula is C7H14Se. The average molecular weight is 177 g/mol. The van der Waals surface area contributed by atoms with Crippen LogP contribution in [0.15, 0.2) is 11.6 Å². The van der Waals surface area contributed by atoms with Crippen LogP contribution in [0.1, 0.15) is 26.2 Å². The second kappa shape index (κ2) is 7.26. The summed E-state index contributed by atoms with van der Waals surface area (Å²) in [4.78, 5) is 2.06. The number of hydrogen-bond acceptors (Lipinski definition) is 0. The van der Waals surface area contributed by atoms with E-state index in [-0.39, 0.29) is 0 Å². The Kier molecular flexibility index (Phi) is 7.49. The molecule has 0 spiro atoms. The van der Waals surface area contributed by atoms with E-state index < -0.39 is 0 Å². The molecule has 0 heterocycles. The summed E-state index contributed by atoms with van der Waals surface area (Å²) in [5, 5.41) is 1.39. The second-order valence-corrected chi connectivity index (χ2v) is 4.00. The van der Waals surface area contributed by atoms with Crippen LogP contribution in [0.25, 0.3) is 0 Å². The predicted molar refractivity (Wildman–Crippen MR) is 40.3 cm³/mol. The first-order chi connectivity index (χ1) is 3.91. The van der Waals surface area contributed by atoms with E-state index in [4.69, 9.17) is 0 Å². The molecule has 0 N–H and O–H groups in total. The Morgan fingerprint density at radius 1 is 1.50 bits per heavy atom. The van der Waals surface area contributed by atoms with Crippen LogP contribution in [0.4, 0.5) is 0 Å². The van der Waals surface area contributed by atoms with E-state index in [1.807, 2.05) is 0 Å². The van der Waals surface area contributed by atoms with Gasteiger partial charge in [0, 0.05) is 0 Å². The maximum atomic E-state index is 3.69. The van der Waals surface area contributed by atoms with Crippen molar-refractivity contribution >= 4 is 15.0 Å². The van der Waals surface area contributed by atoms with Crippen molar-refractivity contribution in [3.05, 3.63) is 11.6 Å². The molecule has 0 aliphatic rings. The zero-order valence-corrected chi connectivity index (χ0v) is 7.23. The van der Waals surface area contributed by atoms with Gasteiger partial charge in [0.15, 0.2) is 0 Å². The van der Waals surface area contributed by atoms with E-state index in [0.29, 0.717) is 0 Å². The Morgan fingerprint density at radius 2 is 2.25 bits per heavy atom. The molecule has 0 aliphatic heterocycles. The quantitative estimate of drug-likeness (QED) is 0.447. The first-order valence-electron chi connectivity index (χ1n) is 3.14. The van der Waals surface area contributed by atoms with Crippen LogP contribution in [0.5, 0.6) is 0 Å². The van der Waals surface area contributed by atoms with Crippen molar-refractivity contribution in [2.75, 3.05) is 0 Å². The van der Waals surface area contributed by atoms with Crippen LogP contribution in [0.3, 0.4) is 0 Å². The Labute approximate surface area is 58.5 Å². The van der Waals surface area contributed by atoms with Crippen molar-refractivity contribution in [2.45, 2.75) is 31.5 Å². The summed E-state index contributed by atoms with van der Waals surface area (Å²) in [5.41, 5.74) is 0. The Morgan fingerprint density at radius 3 is 2.75 bits per heavy atom. The summed E-state index contributed by atoms with van der Waals surface area (Å²) in [6.07, 6.45) is 4.14. The van der Waals surface area contributed by atoms with E-state index in [9.17, 15) is 0 Å². The molecule has 0 aliphatic carbocycles. The number of rotatable bonds is 5. The van der Waals surface area contributed by atoms with Crippen molar-refractivity contribution < 1.29 is 0 Å². The third kappa shape index (κ3) is 6.26. The third-order valence-corrected chi connectivity index (χ3v) is 2.58. The van der Waals surface area contributed by atoms with E-state index in [1.165, 1.54) is 24.6 Å².